The van der Waals surface area contributed by atoms with Crippen molar-refractivity contribution in [3.05, 3.63) is 16.9 Å². The van der Waals surface area contributed by atoms with Crippen molar-refractivity contribution in [2.24, 2.45) is 0 Å². The van der Waals surface area contributed by atoms with Crippen LogP contribution in [-0.4, -0.2) is 21.9 Å². The average molecular weight is 262 g/mol. The van der Waals surface area contributed by atoms with Gasteiger partial charge in [-0.15, -0.1) is 0 Å². The summed E-state index contributed by atoms with van der Waals surface area (Å²) in [5.74, 6) is 0. The molecule has 1 aromatic heterocycles. The molecule has 1 rings (SSSR count). The Bertz CT molecular complexity index is 357. The van der Waals surface area contributed by atoms with E-state index in [9.17, 15) is 4.39 Å². The van der Waals surface area contributed by atoms with Crippen molar-refractivity contribution in [3.8, 4) is 0 Å². The number of nitrogens with zero attached hydrogens (tertiary/aromatic N) is 2. The number of hydrogen-bond donors (Lipinski definition) is 1. The van der Waals surface area contributed by atoms with Crippen LogP contribution in [0.4, 0.5) is 4.39 Å². The summed E-state index contributed by atoms with van der Waals surface area (Å²) >= 11 is 5.97. The molecule has 0 aliphatic carbocycles. The van der Waals surface area contributed by atoms with Gasteiger partial charge in [0.15, 0.2) is 6.17 Å². The van der Waals surface area contributed by atoms with Gasteiger partial charge in [0, 0.05) is 18.6 Å². The molecule has 0 bridgehead atoms. The second-order valence-corrected chi connectivity index (χ2v) is 5.61. The minimum Gasteiger partial charge on any atom is -0.309 e. The molecule has 0 saturated carbocycles. The molecule has 5 heteroatoms. The number of alkyl halides is 1. The zero-order valence-electron chi connectivity index (χ0n) is 10.9. The first-order valence-electron chi connectivity index (χ1n) is 5.95. The van der Waals surface area contributed by atoms with Crippen LogP contribution in [0.25, 0.3) is 0 Å². The number of rotatable bonds is 5. The third-order valence-corrected chi connectivity index (χ3v) is 2.67. The fraction of sp³-hybridized carbons (Fsp3) is 0.750. The molecule has 0 aliphatic rings. The highest BCUT2D eigenvalue weighted by Crippen LogP contribution is 2.25. The summed E-state index contributed by atoms with van der Waals surface area (Å²) in [6.45, 7) is 8.98. The Hall–Kier alpha value is -0.610. The van der Waals surface area contributed by atoms with Crippen LogP contribution in [0, 0.1) is 0 Å². The van der Waals surface area contributed by atoms with Crippen molar-refractivity contribution in [2.75, 3.05) is 6.54 Å². The molecule has 17 heavy (non-hydrogen) atoms. The SMILES string of the molecule is CCCn1ncc(Cl)c1C(F)CNC(C)(C)C. The van der Waals surface area contributed by atoms with Crippen LogP contribution in [0.5, 0.6) is 0 Å². The Morgan fingerprint density at radius 2 is 2.18 bits per heavy atom. The lowest BCUT2D eigenvalue weighted by molar-refractivity contribution is 0.276. The van der Waals surface area contributed by atoms with E-state index in [0.29, 0.717) is 17.3 Å². The molecule has 98 valence electrons. The molecule has 1 atom stereocenters. The van der Waals surface area contributed by atoms with Gasteiger partial charge in [-0.25, -0.2) is 4.39 Å². The third kappa shape index (κ3) is 4.28. The van der Waals surface area contributed by atoms with Crippen LogP contribution >= 0.6 is 11.6 Å². The lowest BCUT2D eigenvalue weighted by Crippen LogP contribution is -2.38. The molecule has 1 aromatic rings. The lowest BCUT2D eigenvalue weighted by Gasteiger charge is -2.22. The second kappa shape index (κ2) is 5.83. The van der Waals surface area contributed by atoms with Gasteiger partial charge in [0.05, 0.1) is 16.9 Å². The summed E-state index contributed by atoms with van der Waals surface area (Å²) in [4.78, 5) is 0. The van der Waals surface area contributed by atoms with Crippen molar-refractivity contribution >= 4 is 11.6 Å². The van der Waals surface area contributed by atoms with Crippen LogP contribution < -0.4 is 5.32 Å². The first-order valence-corrected chi connectivity index (χ1v) is 6.33. The molecular formula is C12H21ClFN3. The number of nitrogens with one attached hydrogen (secondary N) is 1. The number of halogens is 2. The molecule has 0 amide bonds. The van der Waals surface area contributed by atoms with Gasteiger partial charge in [-0.05, 0) is 27.2 Å². The van der Waals surface area contributed by atoms with Crippen molar-refractivity contribution in [1.29, 1.82) is 0 Å². The van der Waals surface area contributed by atoms with E-state index in [1.165, 1.54) is 6.20 Å². The number of aryl methyl sites for hydroxylation is 1. The van der Waals surface area contributed by atoms with Crippen molar-refractivity contribution in [3.63, 3.8) is 0 Å². The van der Waals surface area contributed by atoms with Crippen LogP contribution in [-0.2, 0) is 6.54 Å². The Kier molecular flexibility index (Phi) is 4.95. The normalized spacial score (nSPS) is 14.0. The van der Waals surface area contributed by atoms with Gasteiger partial charge in [0.1, 0.15) is 0 Å². The van der Waals surface area contributed by atoms with Gasteiger partial charge in [-0.1, -0.05) is 18.5 Å². The highest BCUT2D eigenvalue weighted by Gasteiger charge is 2.21. The van der Waals surface area contributed by atoms with E-state index in [2.05, 4.69) is 10.4 Å². The standard InChI is InChI=1S/C12H21ClFN3/c1-5-6-17-11(9(13)7-16-17)10(14)8-15-12(2,3)4/h7,10,15H,5-6,8H2,1-4H3. The fourth-order valence-corrected chi connectivity index (χ4v) is 1.83. The maximum Gasteiger partial charge on any atom is 0.155 e. The first-order chi connectivity index (χ1) is 7.85. The van der Waals surface area contributed by atoms with Crippen LogP contribution in [0.15, 0.2) is 6.20 Å². The number of aromatic nitrogens is 2. The summed E-state index contributed by atoms with van der Waals surface area (Å²) in [6.07, 6.45) is 1.29. The quantitative estimate of drug-likeness (QED) is 0.881. The summed E-state index contributed by atoms with van der Waals surface area (Å²) < 4.78 is 15.8. The molecule has 0 aromatic carbocycles. The van der Waals surface area contributed by atoms with Gasteiger partial charge in [-0.2, -0.15) is 5.10 Å². The Morgan fingerprint density at radius 3 is 2.71 bits per heavy atom. The fourth-order valence-electron chi connectivity index (χ4n) is 1.57. The second-order valence-electron chi connectivity index (χ2n) is 5.20. The molecule has 1 heterocycles. The topological polar surface area (TPSA) is 29.9 Å². The van der Waals surface area contributed by atoms with E-state index < -0.39 is 6.17 Å². The summed E-state index contributed by atoms with van der Waals surface area (Å²) in [5, 5.41) is 7.62. The van der Waals surface area contributed by atoms with E-state index in [0.717, 1.165) is 6.42 Å². The van der Waals surface area contributed by atoms with E-state index in [1.807, 2.05) is 27.7 Å². The largest absolute Gasteiger partial charge is 0.309 e. The molecule has 0 aliphatic heterocycles. The molecule has 0 spiro atoms. The van der Waals surface area contributed by atoms with E-state index >= 15 is 0 Å². The molecule has 0 radical (unpaired) electrons. The molecule has 3 nitrogen and oxygen atoms in total. The van der Waals surface area contributed by atoms with Gasteiger partial charge < -0.3 is 5.32 Å². The number of hydrogen-bond acceptors (Lipinski definition) is 2. The van der Waals surface area contributed by atoms with Crippen LogP contribution in [0.2, 0.25) is 5.02 Å². The highest BCUT2D eigenvalue weighted by molar-refractivity contribution is 6.31. The summed E-state index contributed by atoms with van der Waals surface area (Å²) in [6, 6.07) is 0. The van der Waals surface area contributed by atoms with E-state index in [1.54, 1.807) is 4.68 Å². The predicted molar refractivity (Wildman–Crippen MR) is 69.1 cm³/mol. The van der Waals surface area contributed by atoms with Crippen molar-refractivity contribution in [1.82, 2.24) is 15.1 Å². The van der Waals surface area contributed by atoms with E-state index in [4.69, 9.17) is 11.6 Å². The molecular weight excluding hydrogens is 241 g/mol. The maximum atomic E-state index is 14.1. The summed E-state index contributed by atoms with van der Waals surface area (Å²) in [5.41, 5.74) is 0.372. The van der Waals surface area contributed by atoms with Crippen molar-refractivity contribution < 1.29 is 4.39 Å². The van der Waals surface area contributed by atoms with Crippen LogP contribution in [0.1, 0.15) is 46.0 Å². The molecule has 0 fully saturated rings. The Balaban J connectivity index is 2.73. The minimum absolute atomic E-state index is 0.105. The van der Waals surface area contributed by atoms with Gasteiger partial charge in [0.25, 0.3) is 0 Å². The molecule has 1 N–H and O–H groups in total. The molecule has 1 unspecified atom stereocenters. The summed E-state index contributed by atoms with van der Waals surface area (Å²) in [7, 11) is 0. The average Bonchev–Trinajstić information content (AvgIpc) is 2.56. The van der Waals surface area contributed by atoms with Crippen molar-refractivity contribution in [2.45, 2.75) is 52.4 Å². The van der Waals surface area contributed by atoms with Gasteiger partial charge in [-0.3, -0.25) is 4.68 Å². The predicted octanol–water partition coefficient (Wildman–Crippen LogP) is 3.35. The minimum atomic E-state index is -1.13. The van der Waals surface area contributed by atoms with Gasteiger partial charge in [0.2, 0.25) is 0 Å². The van der Waals surface area contributed by atoms with Crippen LogP contribution in [0.3, 0.4) is 0 Å². The monoisotopic (exact) mass is 261 g/mol. The highest BCUT2D eigenvalue weighted by atomic mass is 35.5. The van der Waals surface area contributed by atoms with Gasteiger partial charge >= 0.3 is 0 Å². The zero-order chi connectivity index (χ0) is 13.1. The molecule has 0 saturated heterocycles. The first kappa shape index (κ1) is 14.5. The zero-order valence-corrected chi connectivity index (χ0v) is 11.7. The third-order valence-electron chi connectivity index (χ3n) is 2.38. The van der Waals surface area contributed by atoms with E-state index in [-0.39, 0.29) is 12.1 Å². The smallest absolute Gasteiger partial charge is 0.155 e. The Morgan fingerprint density at radius 1 is 1.53 bits per heavy atom. The maximum absolute atomic E-state index is 14.1. The lowest BCUT2D eigenvalue weighted by atomic mass is 10.1. The Labute approximate surface area is 107 Å².